The number of ether oxygens (including phenoxy) is 1. The van der Waals surface area contributed by atoms with Crippen molar-refractivity contribution in [3.05, 3.63) is 93.8 Å². The summed E-state index contributed by atoms with van der Waals surface area (Å²) in [7, 11) is 0. The van der Waals surface area contributed by atoms with Crippen LogP contribution in [-0.2, 0) is 13.2 Å². The Morgan fingerprint density at radius 1 is 1.14 bits per heavy atom. The Morgan fingerprint density at radius 3 is 2.64 bits per heavy atom. The fraction of sp³-hybridized carbons (Fsp3) is 0.136. The summed E-state index contributed by atoms with van der Waals surface area (Å²) in [5.41, 5.74) is 2.95. The summed E-state index contributed by atoms with van der Waals surface area (Å²) in [4.78, 5) is 11.2. The maximum absolute atomic E-state index is 13.9. The molecule has 0 bridgehead atoms. The number of anilines is 1. The molecule has 0 fully saturated rings. The molecule has 0 amide bonds. The molecule has 0 aliphatic carbocycles. The molecular weight excluding hydrogens is 381 g/mol. The average Bonchev–Trinajstić information content (AvgIpc) is 2.67. The molecule has 4 nitrogen and oxygen atoms in total. The fourth-order valence-electron chi connectivity index (χ4n) is 2.83. The van der Waals surface area contributed by atoms with Crippen molar-refractivity contribution < 1.29 is 19.0 Å². The predicted molar refractivity (Wildman–Crippen MR) is 108 cm³/mol. The average molecular weight is 400 g/mol. The van der Waals surface area contributed by atoms with Crippen LogP contribution in [0.1, 0.15) is 27.0 Å². The minimum absolute atomic E-state index is 0.0299. The van der Waals surface area contributed by atoms with E-state index in [2.05, 4.69) is 5.32 Å². The lowest BCUT2D eigenvalue weighted by Crippen LogP contribution is -2.06. The van der Waals surface area contributed by atoms with Gasteiger partial charge in [-0.15, -0.1) is 0 Å². The van der Waals surface area contributed by atoms with Crippen molar-refractivity contribution in [1.82, 2.24) is 0 Å². The van der Waals surface area contributed by atoms with Crippen molar-refractivity contribution >= 4 is 23.3 Å². The lowest BCUT2D eigenvalue weighted by molar-refractivity contribution is 0.0696. The van der Waals surface area contributed by atoms with Crippen LogP contribution < -0.4 is 10.1 Å². The SMILES string of the molecule is Cc1c(NCc2cccc(OCc3c(F)cccc3Cl)c2)cccc1C(=O)O. The standard InChI is InChI=1S/C22H19ClFNO3/c1-14-17(22(26)27)7-3-10-21(14)25-12-15-5-2-6-16(11-15)28-13-18-19(23)8-4-9-20(18)24/h2-11,25H,12-13H2,1H3,(H,26,27). The van der Waals surface area contributed by atoms with E-state index in [-0.39, 0.29) is 12.2 Å². The summed E-state index contributed by atoms with van der Waals surface area (Å²) in [6.07, 6.45) is 0. The third kappa shape index (κ3) is 4.61. The highest BCUT2D eigenvalue weighted by atomic mass is 35.5. The van der Waals surface area contributed by atoms with Crippen LogP contribution in [0, 0.1) is 12.7 Å². The third-order valence-corrected chi connectivity index (χ3v) is 4.74. The monoisotopic (exact) mass is 399 g/mol. The van der Waals surface area contributed by atoms with Crippen LogP contribution in [0.2, 0.25) is 5.02 Å². The van der Waals surface area contributed by atoms with Gasteiger partial charge in [0.1, 0.15) is 18.2 Å². The van der Waals surface area contributed by atoms with Crippen molar-refractivity contribution in [2.24, 2.45) is 0 Å². The molecule has 0 aliphatic heterocycles. The molecule has 0 unspecified atom stereocenters. The summed E-state index contributed by atoms with van der Waals surface area (Å²) in [6.45, 7) is 2.28. The summed E-state index contributed by atoms with van der Waals surface area (Å²) in [6, 6.07) is 17.0. The number of carbonyl (C=O) groups is 1. The second-order valence-electron chi connectivity index (χ2n) is 6.27. The highest BCUT2D eigenvalue weighted by Crippen LogP contribution is 2.23. The van der Waals surface area contributed by atoms with Crippen LogP contribution in [0.4, 0.5) is 10.1 Å². The summed E-state index contributed by atoms with van der Waals surface area (Å²) in [5, 5.41) is 12.8. The van der Waals surface area contributed by atoms with E-state index < -0.39 is 11.8 Å². The first kappa shape index (κ1) is 19.7. The normalized spacial score (nSPS) is 10.5. The first-order valence-electron chi connectivity index (χ1n) is 8.67. The zero-order valence-electron chi connectivity index (χ0n) is 15.2. The molecule has 28 heavy (non-hydrogen) atoms. The molecular formula is C22H19ClFNO3. The van der Waals surface area contributed by atoms with E-state index in [0.29, 0.717) is 28.4 Å². The highest BCUT2D eigenvalue weighted by molar-refractivity contribution is 6.31. The van der Waals surface area contributed by atoms with Crippen LogP contribution >= 0.6 is 11.6 Å². The van der Waals surface area contributed by atoms with Crippen LogP contribution in [-0.4, -0.2) is 11.1 Å². The van der Waals surface area contributed by atoms with E-state index in [1.165, 1.54) is 6.07 Å². The molecule has 0 radical (unpaired) electrons. The lowest BCUT2D eigenvalue weighted by Gasteiger charge is -2.13. The van der Waals surface area contributed by atoms with E-state index in [1.54, 1.807) is 37.3 Å². The number of carboxylic acids is 1. The Labute approximate surface area is 167 Å². The summed E-state index contributed by atoms with van der Waals surface area (Å²) < 4.78 is 19.5. The Kier molecular flexibility index (Phi) is 6.16. The minimum atomic E-state index is -0.955. The molecule has 0 saturated carbocycles. The van der Waals surface area contributed by atoms with Gasteiger partial charge in [0.05, 0.1) is 10.6 Å². The van der Waals surface area contributed by atoms with Crippen LogP contribution in [0.5, 0.6) is 5.75 Å². The second-order valence-corrected chi connectivity index (χ2v) is 6.68. The third-order valence-electron chi connectivity index (χ3n) is 4.39. The quantitative estimate of drug-likeness (QED) is 0.536. The van der Waals surface area contributed by atoms with Crippen molar-refractivity contribution in [2.75, 3.05) is 5.32 Å². The number of carboxylic acid groups (broad SMARTS) is 1. The molecule has 3 aromatic rings. The van der Waals surface area contributed by atoms with Gasteiger partial charge in [0.25, 0.3) is 0 Å². The van der Waals surface area contributed by atoms with Gasteiger partial charge < -0.3 is 15.2 Å². The second kappa shape index (κ2) is 8.76. The zero-order valence-corrected chi connectivity index (χ0v) is 16.0. The molecule has 0 aromatic heterocycles. The van der Waals surface area contributed by atoms with Gasteiger partial charge in [0.2, 0.25) is 0 Å². The largest absolute Gasteiger partial charge is 0.489 e. The van der Waals surface area contributed by atoms with Gasteiger partial charge in [-0.3, -0.25) is 0 Å². The molecule has 0 saturated heterocycles. The number of rotatable bonds is 7. The van der Waals surface area contributed by atoms with Crippen molar-refractivity contribution in [1.29, 1.82) is 0 Å². The molecule has 144 valence electrons. The molecule has 3 aromatic carbocycles. The molecule has 0 heterocycles. The van der Waals surface area contributed by atoms with Gasteiger partial charge in [-0.2, -0.15) is 0 Å². The predicted octanol–water partition coefficient (Wildman–Crippen LogP) is 5.68. The Morgan fingerprint density at radius 2 is 1.89 bits per heavy atom. The van der Waals surface area contributed by atoms with E-state index in [0.717, 1.165) is 11.3 Å². The van der Waals surface area contributed by atoms with Crippen molar-refractivity contribution in [2.45, 2.75) is 20.1 Å². The number of hydrogen-bond acceptors (Lipinski definition) is 3. The summed E-state index contributed by atoms with van der Waals surface area (Å²) >= 11 is 6.02. The Hall–Kier alpha value is -3.05. The molecule has 0 atom stereocenters. The molecule has 0 spiro atoms. The maximum Gasteiger partial charge on any atom is 0.336 e. The Bertz CT molecular complexity index is 987. The molecule has 6 heteroatoms. The first-order valence-corrected chi connectivity index (χ1v) is 9.05. The zero-order chi connectivity index (χ0) is 20.1. The van der Waals surface area contributed by atoms with Gasteiger partial charge >= 0.3 is 5.97 Å². The van der Waals surface area contributed by atoms with Gasteiger partial charge in [0.15, 0.2) is 0 Å². The molecule has 0 aliphatic rings. The van der Waals surface area contributed by atoms with Crippen LogP contribution in [0.15, 0.2) is 60.7 Å². The van der Waals surface area contributed by atoms with Crippen LogP contribution in [0.25, 0.3) is 0 Å². The number of nitrogens with one attached hydrogen (secondary N) is 1. The van der Waals surface area contributed by atoms with Gasteiger partial charge in [-0.25, -0.2) is 9.18 Å². The van der Waals surface area contributed by atoms with Crippen LogP contribution in [0.3, 0.4) is 0 Å². The maximum atomic E-state index is 13.9. The van der Waals surface area contributed by atoms with Gasteiger partial charge in [-0.1, -0.05) is 35.9 Å². The van der Waals surface area contributed by atoms with E-state index >= 15 is 0 Å². The molecule has 2 N–H and O–H groups in total. The van der Waals surface area contributed by atoms with E-state index in [1.807, 2.05) is 24.3 Å². The van der Waals surface area contributed by atoms with E-state index in [9.17, 15) is 14.3 Å². The van der Waals surface area contributed by atoms with E-state index in [4.69, 9.17) is 16.3 Å². The van der Waals surface area contributed by atoms with Gasteiger partial charge in [-0.05, 0) is 54.4 Å². The fourth-order valence-corrected chi connectivity index (χ4v) is 3.04. The van der Waals surface area contributed by atoms with Crippen molar-refractivity contribution in [3.8, 4) is 5.75 Å². The Balaban J connectivity index is 1.67. The molecule has 3 rings (SSSR count). The number of aromatic carboxylic acids is 1. The number of hydrogen-bond donors (Lipinski definition) is 2. The topological polar surface area (TPSA) is 58.6 Å². The first-order chi connectivity index (χ1) is 13.5. The van der Waals surface area contributed by atoms with Gasteiger partial charge in [0, 0.05) is 17.8 Å². The number of halogens is 2. The number of benzene rings is 3. The highest BCUT2D eigenvalue weighted by Gasteiger charge is 2.10. The lowest BCUT2D eigenvalue weighted by atomic mass is 10.1. The smallest absolute Gasteiger partial charge is 0.336 e. The summed E-state index contributed by atoms with van der Waals surface area (Å²) in [5.74, 6) is -0.767. The minimum Gasteiger partial charge on any atom is -0.489 e. The van der Waals surface area contributed by atoms with Crippen molar-refractivity contribution in [3.63, 3.8) is 0 Å².